The zero-order valence-corrected chi connectivity index (χ0v) is 13.2. The summed E-state index contributed by atoms with van der Waals surface area (Å²) >= 11 is 0. The van der Waals surface area contributed by atoms with E-state index in [0.717, 1.165) is 36.2 Å². The fourth-order valence-corrected chi connectivity index (χ4v) is 3.92. The third kappa shape index (κ3) is 2.24. The summed E-state index contributed by atoms with van der Waals surface area (Å²) in [5, 5.41) is 8.26. The molecule has 0 radical (unpaired) electrons. The highest BCUT2D eigenvalue weighted by Gasteiger charge is 2.34. The van der Waals surface area contributed by atoms with E-state index in [1.165, 1.54) is 19.6 Å². The molecule has 1 saturated heterocycles. The number of aromatic nitrogens is 2. The van der Waals surface area contributed by atoms with Crippen LogP contribution in [0.4, 0.5) is 8.78 Å². The Bertz CT molecular complexity index is 772. The maximum Gasteiger partial charge on any atom is 0.200 e. The third-order valence-corrected chi connectivity index (χ3v) is 4.93. The predicted octanol–water partition coefficient (Wildman–Crippen LogP) is 3.11. The van der Waals surface area contributed by atoms with Crippen molar-refractivity contribution < 1.29 is 13.5 Å². The Labute approximate surface area is 133 Å². The van der Waals surface area contributed by atoms with Crippen LogP contribution < -0.4 is 10.1 Å². The van der Waals surface area contributed by atoms with Gasteiger partial charge in [-0.1, -0.05) is 0 Å². The number of halogens is 2. The first-order valence-electron chi connectivity index (χ1n) is 7.93. The SMILES string of the molecule is COc1cc(-c2c3c(nn2C)[C@@H]2CCC[C@H](C3)N2)cc(F)c1F. The van der Waals surface area contributed by atoms with Crippen molar-refractivity contribution in [2.24, 2.45) is 7.05 Å². The summed E-state index contributed by atoms with van der Waals surface area (Å²) in [5.41, 5.74) is 3.66. The van der Waals surface area contributed by atoms with Gasteiger partial charge in [0.1, 0.15) is 0 Å². The maximum absolute atomic E-state index is 13.9. The highest BCUT2D eigenvalue weighted by atomic mass is 19.2. The lowest BCUT2D eigenvalue weighted by molar-refractivity contribution is 0.297. The molecule has 0 saturated carbocycles. The summed E-state index contributed by atoms with van der Waals surface area (Å²) in [5.74, 6) is -1.93. The van der Waals surface area contributed by atoms with Gasteiger partial charge in [-0.3, -0.25) is 4.68 Å². The molecule has 0 amide bonds. The number of nitrogens with one attached hydrogen (secondary N) is 1. The van der Waals surface area contributed by atoms with Crippen molar-refractivity contribution in [2.75, 3.05) is 7.11 Å². The number of hydrogen-bond donors (Lipinski definition) is 1. The van der Waals surface area contributed by atoms with Gasteiger partial charge in [0.25, 0.3) is 0 Å². The molecule has 3 heterocycles. The molecule has 4 nitrogen and oxygen atoms in total. The fraction of sp³-hybridized carbons (Fsp3) is 0.471. The lowest BCUT2D eigenvalue weighted by atomic mass is 9.84. The largest absolute Gasteiger partial charge is 0.494 e. The quantitative estimate of drug-likeness (QED) is 0.924. The van der Waals surface area contributed by atoms with Crippen LogP contribution in [0.15, 0.2) is 12.1 Å². The predicted molar refractivity (Wildman–Crippen MR) is 82.3 cm³/mol. The van der Waals surface area contributed by atoms with Gasteiger partial charge in [-0.15, -0.1) is 0 Å². The molecule has 0 aliphatic carbocycles. The Morgan fingerprint density at radius 1 is 1.30 bits per heavy atom. The lowest BCUT2D eigenvalue weighted by Crippen LogP contribution is -2.42. The zero-order chi connectivity index (χ0) is 16.1. The molecule has 2 aromatic rings. The first-order valence-corrected chi connectivity index (χ1v) is 7.93. The summed E-state index contributed by atoms with van der Waals surface area (Å²) in [6.45, 7) is 0. The number of hydrogen-bond acceptors (Lipinski definition) is 3. The standard InChI is InChI=1S/C17H19F2N3O/c1-22-17(9-6-12(18)15(19)14(7-9)23-2)11-8-10-4-3-5-13(20-10)16(11)21-22/h6-7,10,13,20H,3-5,8H2,1-2H3/t10-,13+/m1/s1. The normalized spacial score (nSPS) is 22.8. The van der Waals surface area contributed by atoms with Crippen LogP contribution in [-0.4, -0.2) is 22.9 Å². The van der Waals surface area contributed by atoms with Crippen molar-refractivity contribution in [2.45, 2.75) is 37.8 Å². The van der Waals surface area contributed by atoms with Crippen molar-refractivity contribution >= 4 is 0 Å². The molecule has 1 N–H and O–H groups in total. The maximum atomic E-state index is 13.9. The van der Waals surface area contributed by atoms with E-state index in [4.69, 9.17) is 4.74 Å². The first-order chi connectivity index (χ1) is 11.1. The number of rotatable bonds is 2. The second-order valence-electron chi connectivity index (χ2n) is 6.36. The average molecular weight is 319 g/mol. The van der Waals surface area contributed by atoms with Crippen molar-refractivity contribution in [1.82, 2.24) is 15.1 Å². The average Bonchev–Trinajstić information content (AvgIpc) is 2.87. The van der Waals surface area contributed by atoms with Crippen LogP contribution in [0.1, 0.15) is 36.6 Å². The van der Waals surface area contributed by atoms with Crippen LogP contribution in [-0.2, 0) is 13.5 Å². The Kier molecular flexibility index (Phi) is 3.37. The molecule has 2 aliphatic heterocycles. The monoisotopic (exact) mass is 319 g/mol. The Morgan fingerprint density at radius 2 is 2.13 bits per heavy atom. The molecule has 1 aromatic carbocycles. The molecule has 1 aromatic heterocycles. The Hall–Kier alpha value is -1.95. The third-order valence-electron chi connectivity index (χ3n) is 4.93. The highest BCUT2D eigenvalue weighted by Crippen LogP contribution is 2.39. The topological polar surface area (TPSA) is 39.1 Å². The van der Waals surface area contributed by atoms with Gasteiger partial charge in [0, 0.05) is 24.2 Å². The fourth-order valence-electron chi connectivity index (χ4n) is 3.92. The molecule has 2 aliphatic rings. The minimum absolute atomic E-state index is 0.0796. The van der Waals surface area contributed by atoms with E-state index in [2.05, 4.69) is 10.4 Å². The van der Waals surface area contributed by atoms with Crippen LogP contribution in [0.25, 0.3) is 11.3 Å². The minimum Gasteiger partial charge on any atom is -0.494 e. The van der Waals surface area contributed by atoms with Crippen LogP contribution in [0, 0.1) is 11.6 Å². The molecule has 6 heteroatoms. The van der Waals surface area contributed by atoms with Crippen molar-refractivity contribution in [3.63, 3.8) is 0 Å². The number of fused-ring (bicyclic) bond motifs is 4. The number of methoxy groups -OCH3 is 1. The van der Waals surface area contributed by atoms with Crippen LogP contribution >= 0.6 is 0 Å². The van der Waals surface area contributed by atoms with Crippen molar-refractivity contribution in [3.8, 4) is 17.0 Å². The molecule has 122 valence electrons. The molecular weight excluding hydrogens is 300 g/mol. The summed E-state index contributed by atoms with van der Waals surface area (Å²) in [6.07, 6.45) is 4.29. The van der Waals surface area contributed by atoms with Gasteiger partial charge in [-0.05, 0) is 37.8 Å². The number of ether oxygens (including phenoxy) is 1. The van der Waals surface area contributed by atoms with Crippen LogP contribution in [0.5, 0.6) is 5.75 Å². The first kappa shape index (κ1) is 14.6. The summed E-state index contributed by atoms with van der Waals surface area (Å²) in [4.78, 5) is 0. The van der Waals surface area contributed by atoms with E-state index in [1.54, 1.807) is 10.7 Å². The molecular formula is C17H19F2N3O. The van der Waals surface area contributed by atoms with E-state index >= 15 is 0 Å². The number of nitrogens with zero attached hydrogens (tertiary/aromatic N) is 2. The number of benzene rings is 1. The van der Waals surface area contributed by atoms with Crippen molar-refractivity contribution in [1.29, 1.82) is 0 Å². The summed E-state index contributed by atoms with van der Waals surface area (Å²) in [6, 6.07) is 3.49. The highest BCUT2D eigenvalue weighted by molar-refractivity contribution is 5.67. The van der Waals surface area contributed by atoms with E-state index in [1.807, 2.05) is 7.05 Å². The molecule has 0 spiro atoms. The van der Waals surface area contributed by atoms with E-state index < -0.39 is 11.6 Å². The van der Waals surface area contributed by atoms with Gasteiger partial charge >= 0.3 is 0 Å². The molecule has 0 unspecified atom stereocenters. The summed E-state index contributed by atoms with van der Waals surface area (Å²) < 4.78 is 34.4. The van der Waals surface area contributed by atoms with Gasteiger partial charge in [-0.2, -0.15) is 9.49 Å². The van der Waals surface area contributed by atoms with Crippen molar-refractivity contribution in [3.05, 3.63) is 35.0 Å². The molecule has 2 atom stereocenters. The number of piperidine rings is 1. The van der Waals surface area contributed by atoms with Gasteiger partial charge in [0.15, 0.2) is 11.6 Å². The minimum atomic E-state index is -0.953. The summed E-state index contributed by atoms with van der Waals surface area (Å²) in [7, 11) is 3.19. The van der Waals surface area contributed by atoms with Gasteiger partial charge in [0.05, 0.1) is 24.5 Å². The molecule has 23 heavy (non-hydrogen) atoms. The Balaban J connectivity index is 1.88. The van der Waals surface area contributed by atoms with Gasteiger partial charge in [-0.25, -0.2) is 4.39 Å². The lowest BCUT2D eigenvalue weighted by Gasteiger charge is -2.35. The smallest absolute Gasteiger partial charge is 0.200 e. The van der Waals surface area contributed by atoms with E-state index in [-0.39, 0.29) is 11.8 Å². The van der Waals surface area contributed by atoms with E-state index in [0.29, 0.717) is 11.6 Å². The molecule has 1 fully saturated rings. The van der Waals surface area contributed by atoms with Gasteiger partial charge in [0.2, 0.25) is 5.82 Å². The van der Waals surface area contributed by atoms with Crippen LogP contribution in [0.2, 0.25) is 0 Å². The second kappa shape index (κ2) is 5.30. The molecule has 2 bridgehead atoms. The Morgan fingerprint density at radius 3 is 2.91 bits per heavy atom. The van der Waals surface area contributed by atoms with Crippen LogP contribution in [0.3, 0.4) is 0 Å². The second-order valence-corrected chi connectivity index (χ2v) is 6.36. The zero-order valence-electron chi connectivity index (χ0n) is 13.2. The van der Waals surface area contributed by atoms with Gasteiger partial charge < -0.3 is 10.1 Å². The van der Waals surface area contributed by atoms with E-state index in [9.17, 15) is 8.78 Å². The number of aryl methyl sites for hydroxylation is 1. The molecule has 4 rings (SSSR count).